The number of nitrogens with zero attached hydrogens (tertiary/aromatic N) is 2. The summed E-state index contributed by atoms with van der Waals surface area (Å²) in [5.41, 5.74) is 11.2. The van der Waals surface area contributed by atoms with E-state index in [9.17, 15) is 9.59 Å². The van der Waals surface area contributed by atoms with Gasteiger partial charge in [0, 0.05) is 23.1 Å². The highest BCUT2D eigenvalue weighted by atomic mass is 16.5. The van der Waals surface area contributed by atoms with Gasteiger partial charge in [0.25, 0.3) is 5.91 Å². The lowest BCUT2D eigenvalue weighted by atomic mass is 9.89. The number of benzene rings is 3. The van der Waals surface area contributed by atoms with Crippen molar-refractivity contribution in [2.45, 2.75) is 38.5 Å². The molecule has 0 saturated carbocycles. The third-order valence-electron chi connectivity index (χ3n) is 7.37. The number of pyridine rings is 1. The molecule has 1 aliphatic heterocycles. The van der Waals surface area contributed by atoms with Crippen molar-refractivity contribution in [3.8, 4) is 22.8 Å². The second-order valence-electron chi connectivity index (χ2n) is 9.83. The molecule has 1 aliphatic rings. The van der Waals surface area contributed by atoms with Gasteiger partial charge in [0.15, 0.2) is 0 Å². The number of amides is 2. The number of hydrogen-bond acceptors (Lipinski definition) is 7. The van der Waals surface area contributed by atoms with Gasteiger partial charge in [-0.05, 0) is 74.4 Å². The van der Waals surface area contributed by atoms with E-state index in [1.165, 1.54) is 4.90 Å². The minimum Gasteiger partial charge on any atom is -0.494 e. The Bertz CT molecular complexity index is 1520. The van der Waals surface area contributed by atoms with Crippen LogP contribution in [0.1, 0.15) is 31.4 Å². The number of para-hydroxylation sites is 1. The van der Waals surface area contributed by atoms with Crippen LogP contribution in [-0.2, 0) is 21.7 Å². The average molecular weight is 541 g/mol. The van der Waals surface area contributed by atoms with Gasteiger partial charge in [0.1, 0.15) is 29.7 Å². The second kappa shape index (κ2) is 11.3. The lowest BCUT2D eigenvalue weighted by Gasteiger charge is -2.27. The van der Waals surface area contributed by atoms with E-state index >= 15 is 0 Å². The maximum Gasteiger partial charge on any atom is 0.265 e. The first kappa shape index (κ1) is 27.1. The molecular weight excluding hydrogens is 508 g/mol. The van der Waals surface area contributed by atoms with Crippen molar-refractivity contribution >= 4 is 22.7 Å². The lowest BCUT2D eigenvalue weighted by Crippen LogP contribution is -2.50. The van der Waals surface area contributed by atoms with Gasteiger partial charge in [-0.3, -0.25) is 14.8 Å². The van der Waals surface area contributed by atoms with E-state index in [-0.39, 0.29) is 5.91 Å². The zero-order valence-electron chi connectivity index (χ0n) is 22.5. The predicted molar refractivity (Wildman–Crippen MR) is 151 cm³/mol. The Labute approximate surface area is 232 Å². The number of ether oxygens (including phenoxy) is 2. The largest absolute Gasteiger partial charge is 0.494 e. The number of carbonyl (C=O) groups excluding carboxylic acids is 2. The van der Waals surface area contributed by atoms with Crippen molar-refractivity contribution in [1.82, 2.24) is 15.4 Å². The fourth-order valence-corrected chi connectivity index (χ4v) is 5.05. The Hall–Kier alpha value is -4.47. The molecule has 9 heteroatoms. The summed E-state index contributed by atoms with van der Waals surface area (Å²) in [6.07, 6.45) is 0.354. The van der Waals surface area contributed by atoms with E-state index in [4.69, 9.17) is 25.4 Å². The number of hydroxylamine groups is 1. The van der Waals surface area contributed by atoms with Crippen LogP contribution >= 0.6 is 0 Å². The van der Waals surface area contributed by atoms with E-state index in [0.29, 0.717) is 37.5 Å². The molecule has 40 heavy (non-hydrogen) atoms. The number of fused-ring (bicyclic) bond motifs is 1. The molecule has 0 aliphatic carbocycles. The van der Waals surface area contributed by atoms with Crippen molar-refractivity contribution in [2.75, 3.05) is 13.2 Å². The van der Waals surface area contributed by atoms with Crippen LogP contribution in [0.3, 0.4) is 0 Å². The van der Waals surface area contributed by atoms with Crippen LogP contribution < -0.4 is 20.7 Å². The molecule has 4 N–H and O–H groups in total. The standard InChI is InChI=1S/C31H32N4O5/c1-3-39-24-12-8-21(9-13-24)28-18-22(26-6-4-5-7-27(26)33-28)19-40-25-14-10-23(11-15-25)31(32)16-17-35(30(31)37)20(2)29(36)34-38/h4-15,18,20,38H,3,16-17,19,32H2,1-2H3,(H,34,36). The number of nitrogens with two attached hydrogens (primary N) is 1. The fourth-order valence-electron chi connectivity index (χ4n) is 5.05. The Morgan fingerprint density at radius 3 is 2.45 bits per heavy atom. The number of likely N-dealkylation sites (tertiary alicyclic amines) is 1. The first-order valence-electron chi connectivity index (χ1n) is 13.2. The molecule has 2 amide bonds. The van der Waals surface area contributed by atoms with Gasteiger partial charge in [-0.15, -0.1) is 0 Å². The maximum atomic E-state index is 13.1. The zero-order valence-corrected chi connectivity index (χ0v) is 22.5. The average Bonchev–Trinajstić information content (AvgIpc) is 3.30. The van der Waals surface area contributed by atoms with E-state index < -0.39 is 17.5 Å². The summed E-state index contributed by atoms with van der Waals surface area (Å²) in [6, 6.07) is 24.2. The zero-order chi connectivity index (χ0) is 28.3. The van der Waals surface area contributed by atoms with Crippen molar-refractivity contribution in [1.29, 1.82) is 0 Å². The van der Waals surface area contributed by atoms with E-state index in [2.05, 4.69) is 0 Å². The first-order chi connectivity index (χ1) is 19.3. The molecule has 2 atom stereocenters. The Morgan fingerprint density at radius 1 is 1.07 bits per heavy atom. The monoisotopic (exact) mass is 540 g/mol. The van der Waals surface area contributed by atoms with Crippen LogP contribution in [-0.4, -0.2) is 46.1 Å². The number of aromatic nitrogens is 1. The highest BCUT2D eigenvalue weighted by Crippen LogP contribution is 2.33. The third kappa shape index (κ3) is 5.21. The Kier molecular flexibility index (Phi) is 7.68. The number of nitrogens with one attached hydrogen (secondary N) is 1. The summed E-state index contributed by atoms with van der Waals surface area (Å²) in [5.74, 6) is 0.430. The lowest BCUT2D eigenvalue weighted by molar-refractivity contribution is -0.143. The quantitative estimate of drug-likeness (QED) is 0.215. The van der Waals surface area contributed by atoms with Crippen LogP contribution in [0.25, 0.3) is 22.2 Å². The van der Waals surface area contributed by atoms with Gasteiger partial charge in [-0.25, -0.2) is 10.5 Å². The molecule has 1 fully saturated rings. The number of hydrogen-bond donors (Lipinski definition) is 3. The van der Waals surface area contributed by atoms with Crippen molar-refractivity contribution in [3.63, 3.8) is 0 Å². The summed E-state index contributed by atoms with van der Waals surface area (Å²) in [5, 5.41) is 9.94. The first-order valence-corrected chi connectivity index (χ1v) is 13.2. The molecule has 2 heterocycles. The van der Waals surface area contributed by atoms with Crippen LogP contribution in [0, 0.1) is 0 Å². The van der Waals surface area contributed by atoms with Crippen LogP contribution in [0.5, 0.6) is 11.5 Å². The van der Waals surface area contributed by atoms with Crippen LogP contribution in [0.4, 0.5) is 0 Å². The molecule has 206 valence electrons. The molecule has 9 nitrogen and oxygen atoms in total. The van der Waals surface area contributed by atoms with Gasteiger partial charge in [0.05, 0.1) is 17.8 Å². The maximum absolute atomic E-state index is 13.1. The van der Waals surface area contributed by atoms with Gasteiger partial charge in [-0.2, -0.15) is 0 Å². The third-order valence-corrected chi connectivity index (χ3v) is 7.37. The van der Waals surface area contributed by atoms with Crippen LogP contribution in [0.2, 0.25) is 0 Å². The van der Waals surface area contributed by atoms with Gasteiger partial charge < -0.3 is 20.1 Å². The minimum absolute atomic E-state index is 0.313. The number of rotatable bonds is 9. The molecule has 0 bridgehead atoms. The molecular formula is C31H32N4O5. The molecule has 0 radical (unpaired) electrons. The Balaban J connectivity index is 1.34. The normalized spacial score (nSPS) is 17.6. The number of carbonyl (C=O) groups is 2. The van der Waals surface area contributed by atoms with Gasteiger partial charge in [-0.1, -0.05) is 30.3 Å². The van der Waals surface area contributed by atoms with Gasteiger partial charge >= 0.3 is 0 Å². The minimum atomic E-state index is -1.25. The summed E-state index contributed by atoms with van der Waals surface area (Å²) in [6.45, 7) is 4.75. The molecule has 5 rings (SSSR count). The molecule has 1 aromatic heterocycles. The highest BCUT2D eigenvalue weighted by Gasteiger charge is 2.47. The molecule has 3 aromatic carbocycles. The molecule has 4 aromatic rings. The molecule has 2 unspecified atom stereocenters. The fraction of sp³-hybridized carbons (Fsp3) is 0.258. The highest BCUT2D eigenvalue weighted by molar-refractivity contribution is 5.94. The van der Waals surface area contributed by atoms with Crippen LogP contribution in [0.15, 0.2) is 78.9 Å². The summed E-state index contributed by atoms with van der Waals surface area (Å²) in [4.78, 5) is 31.2. The van der Waals surface area contributed by atoms with E-state index in [0.717, 1.165) is 33.5 Å². The van der Waals surface area contributed by atoms with Crippen molar-refractivity contribution in [3.05, 3.63) is 90.0 Å². The van der Waals surface area contributed by atoms with Gasteiger partial charge in [0.2, 0.25) is 5.91 Å². The Morgan fingerprint density at radius 2 is 1.75 bits per heavy atom. The summed E-state index contributed by atoms with van der Waals surface area (Å²) < 4.78 is 11.7. The van der Waals surface area contributed by atoms with E-state index in [1.807, 2.05) is 61.5 Å². The summed E-state index contributed by atoms with van der Waals surface area (Å²) in [7, 11) is 0. The SMILES string of the molecule is CCOc1ccc(-c2cc(COc3ccc(C4(N)CCN(C(C)C(=O)NO)C4=O)cc3)c3ccccc3n2)cc1. The molecule has 0 spiro atoms. The van der Waals surface area contributed by atoms with Crippen molar-refractivity contribution in [2.24, 2.45) is 5.73 Å². The predicted octanol–water partition coefficient (Wildman–Crippen LogP) is 4.16. The second-order valence-corrected chi connectivity index (χ2v) is 9.83. The van der Waals surface area contributed by atoms with E-state index in [1.54, 1.807) is 36.7 Å². The molecule has 1 saturated heterocycles. The smallest absolute Gasteiger partial charge is 0.265 e. The topological polar surface area (TPSA) is 127 Å². The summed E-state index contributed by atoms with van der Waals surface area (Å²) >= 11 is 0. The van der Waals surface area contributed by atoms with Crippen molar-refractivity contribution < 1.29 is 24.3 Å².